The van der Waals surface area contributed by atoms with E-state index in [9.17, 15) is 14.4 Å². The lowest BCUT2D eigenvalue weighted by atomic mass is 10.0. The number of anilines is 2. The number of carbonyl (C=O) groups is 3. The topological polar surface area (TPSA) is 84.5 Å². The van der Waals surface area contributed by atoms with Crippen molar-refractivity contribution in [1.82, 2.24) is 0 Å². The predicted octanol–water partition coefficient (Wildman–Crippen LogP) is 3.89. The molecule has 2 amide bonds. The van der Waals surface area contributed by atoms with Gasteiger partial charge in [0.25, 0.3) is 5.91 Å². The number of hydrogen-bond acceptors (Lipinski definition) is 4. The second kappa shape index (κ2) is 9.32. The van der Waals surface area contributed by atoms with Crippen molar-refractivity contribution in [3.05, 3.63) is 90.0 Å². The number of nitrogens with one attached hydrogen (secondary N) is 2. The number of ether oxygens (including phenoxy) is 1. The van der Waals surface area contributed by atoms with Gasteiger partial charge in [-0.25, -0.2) is 0 Å². The van der Waals surface area contributed by atoms with Gasteiger partial charge in [0.15, 0.2) is 12.4 Å². The molecule has 29 heavy (non-hydrogen) atoms. The highest BCUT2D eigenvalue weighted by atomic mass is 16.5. The number of hydrogen-bond donors (Lipinski definition) is 2. The standard InChI is InChI=1S/C23H20N2O4/c1-16(26)24-19-9-11-20(12-10-19)25-22(27)15-29-21-13-7-18(8-14-21)23(28)17-5-3-2-4-6-17/h2-14H,15H2,1H3,(H,24,26)(H,25,27). The monoisotopic (exact) mass is 388 g/mol. The van der Waals surface area contributed by atoms with Crippen molar-refractivity contribution in [3.8, 4) is 5.75 Å². The molecule has 0 aliphatic heterocycles. The van der Waals surface area contributed by atoms with Gasteiger partial charge in [-0.1, -0.05) is 30.3 Å². The zero-order valence-corrected chi connectivity index (χ0v) is 15.8. The van der Waals surface area contributed by atoms with E-state index in [4.69, 9.17) is 4.74 Å². The summed E-state index contributed by atoms with van der Waals surface area (Å²) in [4.78, 5) is 35.4. The molecule has 6 heteroatoms. The molecule has 3 aromatic carbocycles. The van der Waals surface area contributed by atoms with Crippen LogP contribution in [0.2, 0.25) is 0 Å². The average Bonchev–Trinajstić information content (AvgIpc) is 2.74. The molecule has 0 aliphatic carbocycles. The van der Waals surface area contributed by atoms with Crippen LogP contribution in [0.15, 0.2) is 78.9 Å². The molecule has 6 nitrogen and oxygen atoms in total. The van der Waals surface area contributed by atoms with Crippen LogP contribution in [-0.2, 0) is 9.59 Å². The Bertz CT molecular complexity index is 997. The van der Waals surface area contributed by atoms with Crippen LogP contribution in [0.5, 0.6) is 5.75 Å². The van der Waals surface area contributed by atoms with Crippen molar-refractivity contribution in [1.29, 1.82) is 0 Å². The Labute approximate surface area is 168 Å². The fraction of sp³-hybridized carbons (Fsp3) is 0.0870. The van der Waals surface area contributed by atoms with Gasteiger partial charge in [-0.15, -0.1) is 0 Å². The first-order valence-corrected chi connectivity index (χ1v) is 9.01. The molecular formula is C23H20N2O4. The summed E-state index contributed by atoms with van der Waals surface area (Å²) >= 11 is 0. The molecule has 0 radical (unpaired) electrons. The number of rotatable bonds is 7. The number of benzene rings is 3. The largest absolute Gasteiger partial charge is 0.484 e. The normalized spacial score (nSPS) is 10.1. The molecule has 0 aliphatic rings. The minimum atomic E-state index is -0.318. The fourth-order valence-corrected chi connectivity index (χ4v) is 2.64. The smallest absolute Gasteiger partial charge is 0.262 e. The summed E-state index contributed by atoms with van der Waals surface area (Å²) in [5, 5.41) is 5.37. The molecule has 0 unspecified atom stereocenters. The molecule has 0 heterocycles. The highest BCUT2D eigenvalue weighted by molar-refractivity contribution is 6.09. The molecule has 0 saturated carbocycles. The Hall–Kier alpha value is -3.93. The maximum atomic E-state index is 12.4. The van der Waals surface area contributed by atoms with Crippen LogP contribution in [0.25, 0.3) is 0 Å². The number of amides is 2. The molecule has 0 saturated heterocycles. The van der Waals surface area contributed by atoms with Gasteiger partial charge in [-0.3, -0.25) is 14.4 Å². The Kier molecular flexibility index (Phi) is 6.37. The summed E-state index contributed by atoms with van der Waals surface area (Å²) in [6.45, 7) is 1.26. The van der Waals surface area contributed by atoms with E-state index in [1.807, 2.05) is 18.2 Å². The van der Waals surface area contributed by atoms with Gasteiger partial charge in [0.05, 0.1) is 0 Å². The van der Waals surface area contributed by atoms with Gasteiger partial charge in [-0.05, 0) is 48.5 Å². The second-order valence-electron chi connectivity index (χ2n) is 6.31. The first-order valence-electron chi connectivity index (χ1n) is 9.01. The van der Waals surface area contributed by atoms with E-state index in [1.165, 1.54) is 6.92 Å². The van der Waals surface area contributed by atoms with Crippen LogP contribution < -0.4 is 15.4 Å². The third kappa shape index (κ3) is 5.77. The van der Waals surface area contributed by atoms with E-state index in [0.29, 0.717) is 28.3 Å². The molecule has 0 bridgehead atoms. The van der Waals surface area contributed by atoms with Crippen molar-refractivity contribution < 1.29 is 19.1 Å². The zero-order chi connectivity index (χ0) is 20.6. The SMILES string of the molecule is CC(=O)Nc1ccc(NC(=O)COc2ccc(C(=O)c3ccccc3)cc2)cc1. The molecule has 146 valence electrons. The van der Waals surface area contributed by atoms with E-state index < -0.39 is 0 Å². The van der Waals surface area contributed by atoms with Crippen molar-refractivity contribution in [2.45, 2.75) is 6.92 Å². The van der Waals surface area contributed by atoms with E-state index in [2.05, 4.69) is 10.6 Å². The van der Waals surface area contributed by atoms with Crippen molar-refractivity contribution in [2.75, 3.05) is 17.2 Å². The maximum Gasteiger partial charge on any atom is 0.262 e. The Morgan fingerprint density at radius 3 is 1.86 bits per heavy atom. The summed E-state index contributed by atoms with van der Waals surface area (Å²) in [5.74, 6) is -0.0586. The molecule has 0 aromatic heterocycles. The molecule has 3 aromatic rings. The van der Waals surface area contributed by atoms with Crippen LogP contribution in [0, 0.1) is 0 Å². The van der Waals surface area contributed by atoms with Crippen LogP contribution in [0.3, 0.4) is 0 Å². The third-order valence-corrected chi connectivity index (χ3v) is 4.01. The van der Waals surface area contributed by atoms with Crippen molar-refractivity contribution in [3.63, 3.8) is 0 Å². The number of carbonyl (C=O) groups excluding carboxylic acids is 3. The van der Waals surface area contributed by atoms with Gasteiger partial charge >= 0.3 is 0 Å². The average molecular weight is 388 g/mol. The van der Waals surface area contributed by atoms with Gasteiger partial charge < -0.3 is 15.4 Å². The third-order valence-electron chi connectivity index (χ3n) is 4.01. The Balaban J connectivity index is 1.51. The van der Waals surface area contributed by atoms with Crippen LogP contribution >= 0.6 is 0 Å². The lowest BCUT2D eigenvalue weighted by Gasteiger charge is -2.09. The summed E-state index contributed by atoms with van der Waals surface area (Å²) in [6.07, 6.45) is 0. The van der Waals surface area contributed by atoms with Gasteiger partial charge in [0, 0.05) is 29.4 Å². The highest BCUT2D eigenvalue weighted by Crippen LogP contribution is 2.16. The Morgan fingerprint density at radius 1 is 0.724 bits per heavy atom. The summed E-state index contributed by atoms with van der Waals surface area (Å²) in [7, 11) is 0. The van der Waals surface area contributed by atoms with Gasteiger partial charge in [0.2, 0.25) is 5.91 Å². The second-order valence-corrected chi connectivity index (χ2v) is 6.31. The highest BCUT2D eigenvalue weighted by Gasteiger charge is 2.09. The lowest BCUT2D eigenvalue weighted by Crippen LogP contribution is -2.20. The molecule has 0 fully saturated rings. The minimum absolute atomic E-state index is 0.0717. The van der Waals surface area contributed by atoms with E-state index >= 15 is 0 Å². The fourth-order valence-electron chi connectivity index (χ4n) is 2.64. The van der Waals surface area contributed by atoms with Gasteiger partial charge in [-0.2, -0.15) is 0 Å². The molecule has 2 N–H and O–H groups in total. The summed E-state index contributed by atoms with van der Waals surface area (Å²) in [5.41, 5.74) is 2.41. The van der Waals surface area contributed by atoms with Crippen LogP contribution in [-0.4, -0.2) is 24.2 Å². The van der Waals surface area contributed by atoms with Crippen LogP contribution in [0.4, 0.5) is 11.4 Å². The maximum absolute atomic E-state index is 12.4. The molecule has 0 spiro atoms. The van der Waals surface area contributed by atoms with Crippen LogP contribution in [0.1, 0.15) is 22.8 Å². The number of ketones is 1. The van der Waals surface area contributed by atoms with Crippen molar-refractivity contribution >= 4 is 29.0 Å². The molecular weight excluding hydrogens is 368 g/mol. The lowest BCUT2D eigenvalue weighted by molar-refractivity contribution is -0.118. The zero-order valence-electron chi connectivity index (χ0n) is 15.8. The molecule has 3 rings (SSSR count). The quantitative estimate of drug-likeness (QED) is 0.602. The van der Waals surface area contributed by atoms with E-state index in [-0.39, 0.29) is 24.2 Å². The molecule has 0 atom stereocenters. The van der Waals surface area contributed by atoms with Gasteiger partial charge in [0.1, 0.15) is 5.75 Å². The minimum Gasteiger partial charge on any atom is -0.484 e. The van der Waals surface area contributed by atoms with E-state index in [0.717, 1.165) is 0 Å². The summed E-state index contributed by atoms with van der Waals surface area (Å²) < 4.78 is 5.48. The van der Waals surface area contributed by atoms with E-state index in [1.54, 1.807) is 60.7 Å². The first kappa shape index (κ1) is 19.8. The Morgan fingerprint density at radius 2 is 1.28 bits per heavy atom. The summed E-state index contributed by atoms with van der Waals surface area (Å²) in [6, 6.07) is 22.4. The predicted molar refractivity (Wildman–Crippen MR) is 111 cm³/mol. The van der Waals surface area contributed by atoms with Crippen molar-refractivity contribution in [2.24, 2.45) is 0 Å². The first-order chi connectivity index (χ1) is 14.0.